The first-order chi connectivity index (χ1) is 14.0. The van der Waals surface area contributed by atoms with E-state index < -0.39 is 12.0 Å². The summed E-state index contributed by atoms with van der Waals surface area (Å²) < 4.78 is 5.27. The molecule has 7 nitrogen and oxygen atoms in total. The molecule has 0 radical (unpaired) electrons. The van der Waals surface area contributed by atoms with E-state index in [1.165, 1.54) is 4.90 Å². The standard InChI is InChI=1S/C22H24N2O5/c1-29-19-11-3-2-7-15(19)14-20(25)23-17-9-6-8-16(13-17)21(26)24-12-5-4-10-18(24)22(27)28/h2-3,6-9,11,13,18H,4-5,10,12,14H2,1H3,(H,23,25)(H,27,28). The van der Waals surface area contributed by atoms with Gasteiger partial charge >= 0.3 is 5.97 Å². The van der Waals surface area contributed by atoms with Gasteiger partial charge < -0.3 is 20.1 Å². The number of aliphatic carboxylic acids is 1. The van der Waals surface area contributed by atoms with Crippen LogP contribution in [0.2, 0.25) is 0 Å². The third-order valence-corrected chi connectivity index (χ3v) is 4.99. The smallest absolute Gasteiger partial charge is 0.326 e. The van der Waals surface area contributed by atoms with Crippen molar-refractivity contribution in [3.05, 3.63) is 59.7 Å². The molecule has 1 aliphatic heterocycles. The Labute approximate surface area is 169 Å². The lowest BCUT2D eigenvalue weighted by atomic mass is 10.0. The number of hydrogen-bond donors (Lipinski definition) is 2. The first-order valence-corrected chi connectivity index (χ1v) is 9.55. The molecule has 0 aliphatic carbocycles. The van der Waals surface area contributed by atoms with Crippen LogP contribution < -0.4 is 10.1 Å². The summed E-state index contributed by atoms with van der Waals surface area (Å²) in [6, 6.07) is 13.1. The predicted molar refractivity (Wildman–Crippen MR) is 108 cm³/mol. The van der Waals surface area contributed by atoms with Gasteiger partial charge in [-0.15, -0.1) is 0 Å². The number of benzene rings is 2. The SMILES string of the molecule is COc1ccccc1CC(=O)Nc1cccc(C(=O)N2CCCCC2C(=O)O)c1. The summed E-state index contributed by atoms with van der Waals surface area (Å²) in [5, 5.41) is 12.2. The van der Waals surface area contributed by atoms with E-state index in [-0.39, 0.29) is 18.2 Å². The van der Waals surface area contributed by atoms with Crippen molar-refractivity contribution >= 4 is 23.5 Å². The highest BCUT2D eigenvalue weighted by atomic mass is 16.5. The third kappa shape index (κ3) is 4.93. The zero-order valence-electron chi connectivity index (χ0n) is 16.3. The Morgan fingerprint density at radius 3 is 2.69 bits per heavy atom. The number of methoxy groups -OCH3 is 1. The van der Waals surface area contributed by atoms with Crippen LogP contribution >= 0.6 is 0 Å². The third-order valence-electron chi connectivity index (χ3n) is 4.99. The average molecular weight is 396 g/mol. The van der Waals surface area contributed by atoms with Crippen molar-refractivity contribution in [2.75, 3.05) is 19.0 Å². The second kappa shape index (κ2) is 9.23. The van der Waals surface area contributed by atoms with E-state index in [4.69, 9.17) is 4.74 Å². The molecule has 7 heteroatoms. The number of anilines is 1. The van der Waals surface area contributed by atoms with Gasteiger partial charge in [0.15, 0.2) is 0 Å². The maximum absolute atomic E-state index is 12.9. The zero-order chi connectivity index (χ0) is 20.8. The lowest BCUT2D eigenvalue weighted by Gasteiger charge is -2.33. The molecule has 0 saturated carbocycles. The van der Waals surface area contributed by atoms with Crippen molar-refractivity contribution in [2.24, 2.45) is 0 Å². The molecule has 2 aromatic carbocycles. The van der Waals surface area contributed by atoms with E-state index >= 15 is 0 Å². The summed E-state index contributed by atoms with van der Waals surface area (Å²) >= 11 is 0. The number of hydrogen-bond acceptors (Lipinski definition) is 4. The van der Waals surface area contributed by atoms with Crippen molar-refractivity contribution < 1.29 is 24.2 Å². The fourth-order valence-corrected chi connectivity index (χ4v) is 3.55. The van der Waals surface area contributed by atoms with E-state index in [0.29, 0.717) is 30.0 Å². The highest BCUT2D eigenvalue weighted by molar-refractivity contribution is 5.99. The Morgan fingerprint density at radius 1 is 1.14 bits per heavy atom. The Bertz CT molecular complexity index is 912. The molecule has 0 aromatic heterocycles. The first-order valence-electron chi connectivity index (χ1n) is 9.55. The first kappa shape index (κ1) is 20.4. The lowest BCUT2D eigenvalue weighted by molar-refractivity contribution is -0.143. The van der Waals surface area contributed by atoms with Crippen LogP contribution in [0.4, 0.5) is 5.69 Å². The number of nitrogens with one attached hydrogen (secondary N) is 1. The number of nitrogens with zero attached hydrogens (tertiary/aromatic N) is 1. The van der Waals surface area contributed by atoms with E-state index in [1.807, 2.05) is 18.2 Å². The van der Waals surface area contributed by atoms with Crippen LogP contribution in [-0.2, 0) is 16.0 Å². The molecular weight excluding hydrogens is 372 g/mol. The number of piperidine rings is 1. The molecule has 3 rings (SSSR count). The second-order valence-corrected chi connectivity index (χ2v) is 6.97. The molecule has 1 unspecified atom stereocenters. The summed E-state index contributed by atoms with van der Waals surface area (Å²) in [5.74, 6) is -0.922. The number of amides is 2. The van der Waals surface area contributed by atoms with Crippen LogP contribution in [0.5, 0.6) is 5.75 Å². The zero-order valence-corrected chi connectivity index (χ0v) is 16.3. The molecule has 1 atom stereocenters. The highest BCUT2D eigenvalue weighted by Gasteiger charge is 2.32. The van der Waals surface area contributed by atoms with Gasteiger partial charge in [0.05, 0.1) is 13.5 Å². The maximum Gasteiger partial charge on any atom is 0.326 e. The molecule has 2 N–H and O–H groups in total. The fraction of sp³-hybridized carbons (Fsp3) is 0.318. The van der Waals surface area contributed by atoms with E-state index in [1.54, 1.807) is 37.4 Å². The van der Waals surface area contributed by atoms with Gasteiger partial charge in [0, 0.05) is 23.4 Å². The Hall–Kier alpha value is -3.35. The van der Waals surface area contributed by atoms with Gasteiger partial charge in [-0.05, 0) is 43.5 Å². The van der Waals surface area contributed by atoms with Crippen LogP contribution in [0.1, 0.15) is 35.2 Å². The lowest BCUT2D eigenvalue weighted by Crippen LogP contribution is -2.48. The van der Waals surface area contributed by atoms with E-state index in [9.17, 15) is 19.5 Å². The minimum atomic E-state index is -0.987. The largest absolute Gasteiger partial charge is 0.496 e. The normalized spacial score (nSPS) is 16.2. The van der Waals surface area contributed by atoms with Gasteiger partial charge in [-0.3, -0.25) is 9.59 Å². The molecule has 152 valence electrons. The number of para-hydroxylation sites is 1. The molecule has 0 bridgehead atoms. The van der Waals surface area contributed by atoms with E-state index in [0.717, 1.165) is 18.4 Å². The summed E-state index contributed by atoms with van der Waals surface area (Å²) in [7, 11) is 1.55. The molecule has 2 aromatic rings. The van der Waals surface area contributed by atoms with Gasteiger partial charge in [-0.1, -0.05) is 24.3 Å². The second-order valence-electron chi connectivity index (χ2n) is 6.97. The van der Waals surface area contributed by atoms with Gasteiger partial charge in [-0.25, -0.2) is 4.79 Å². The molecule has 1 heterocycles. The van der Waals surface area contributed by atoms with Crippen LogP contribution in [0, 0.1) is 0 Å². The number of ether oxygens (including phenoxy) is 1. The predicted octanol–water partition coefficient (Wildman–Crippen LogP) is 2.96. The number of carbonyl (C=O) groups is 3. The fourth-order valence-electron chi connectivity index (χ4n) is 3.55. The molecular formula is C22H24N2O5. The Kier molecular flexibility index (Phi) is 6.49. The van der Waals surface area contributed by atoms with E-state index in [2.05, 4.69) is 5.32 Å². The van der Waals surface area contributed by atoms with Crippen LogP contribution in [-0.4, -0.2) is 47.5 Å². The van der Waals surface area contributed by atoms with Gasteiger partial charge in [0.1, 0.15) is 11.8 Å². The van der Waals surface area contributed by atoms with Crippen molar-refractivity contribution in [1.82, 2.24) is 4.90 Å². The summed E-state index contributed by atoms with van der Waals surface area (Å²) in [4.78, 5) is 38.2. The maximum atomic E-state index is 12.9. The molecule has 1 aliphatic rings. The molecule has 1 saturated heterocycles. The number of carboxylic acid groups (broad SMARTS) is 1. The van der Waals surface area contributed by atoms with Crippen molar-refractivity contribution in [3.63, 3.8) is 0 Å². The van der Waals surface area contributed by atoms with Crippen molar-refractivity contribution in [1.29, 1.82) is 0 Å². The summed E-state index contributed by atoms with van der Waals surface area (Å²) in [6.45, 7) is 0.417. The van der Waals surface area contributed by atoms with Gasteiger partial charge in [-0.2, -0.15) is 0 Å². The van der Waals surface area contributed by atoms with Crippen molar-refractivity contribution in [3.8, 4) is 5.75 Å². The minimum absolute atomic E-state index is 0.134. The average Bonchev–Trinajstić information content (AvgIpc) is 2.73. The van der Waals surface area contributed by atoms with Crippen LogP contribution in [0.25, 0.3) is 0 Å². The quantitative estimate of drug-likeness (QED) is 0.783. The highest BCUT2D eigenvalue weighted by Crippen LogP contribution is 2.22. The van der Waals surface area contributed by atoms with Crippen LogP contribution in [0.15, 0.2) is 48.5 Å². The van der Waals surface area contributed by atoms with Crippen molar-refractivity contribution in [2.45, 2.75) is 31.7 Å². The molecule has 1 fully saturated rings. The Balaban J connectivity index is 1.71. The van der Waals surface area contributed by atoms with Gasteiger partial charge in [0.25, 0.3) is 5.91 Å². The minimum Gasteiger partial charge on any atom is -0.496 e. The number of carboxylic acids is 1. The summed E-state index contributed by atoms with van der Waals surface area (Å²) in [5.41, 5.74) is 1.60. The monoisotopic (exact) mass is 396 g/mol. The Morgan fingerprint density at radius 2 is 1.93 bits per heavy atom. The number of likely N-dealkylation sites (tertiary alicyclic amines) is 1. The number of rotatable bonds is 6. The molecule has 29 heavy (non-hydrogen) atoms. The molecule has 2 amide bonds. The summed E-state index contributed by atoms with van der Waals surface area (Å²) in [6.07, 6.45) is 2.16. The van der Waals surface area contributed by atoms with Crippen LogP contribution in [0.3, 0.4) is 0 Å². The molecule has 0 spiro atoms. The topological polar surface area (TPSA) is 95.9 Å². The van der Waals surface area contributed by atoms with Gasteiger partial charge in [0.2, 0.25) is 5.91 Å². The number of carbonyl (C=O) groups excluding carboxylic acids is 2.